The maximum atomic E-state index is 11.7. The molecule has 0 bridgehead atoms. The highest BCUT2D eigenvalue weighted by Crippen LogP contribution is 2.22. The van der Waals surface area contributed by atoms with Crippen LogP contribution < -0.4 is 5.73 Å². The molecule has 2 aromatic heterocycles. The van der Waals surface area contributed by atoms with Crippen LogP contribution in [0.5, 0.6) is 0 Å². The Morgan fingerprint density at radius 3 is 2.79 bits per heavy atom. The van der Waals surface area contributed by atoms with Gasteiger partial charge in [-0.05, 0) is 6.92 Å². The van der Waals surface area contributed by atoms with Gasteiger partial charge >= 0.3 is 5.97 Å². The summed E-state index contributed by atoms with van der Waals surface area (Å²) in [5.74, 6) is -2.83. The second-order valence-corrected chi connectivity index (χ2v) is 6.36. The molecule has 0 spiro atoms. The van der Waals surface area contributed by atoms with Crippen molar-refractivity contribution in [1.29, 1.82) is 0 Å². The lowest BCUT2D eigenvalue weighted by Crippen LogP contribution is -2.17. The largest absolute Gasteiger partial charge is 0.480 e. The van der Waals surface area contributed by atoms with E-state index >= 15 is 0 Å². The number of nitrogens with two attached hydrogens (primary N) is 1. The average molecular weight is 303 g/mol. The molecule has 0 aromatic carbocycles. The van der Waals surface area contributed by atoms with E-state index in [1.165, 1.54) is 11.3 Å². The van der Waals surface area contributed by atoms with Gasteiger partial charge in [-0.3, -0.25) is 4.79 Å². The number of aryl methyl sites for hydroxylation is 1. The topological polar surface area (TPSA) is 141 Å². The van der Waals surface area contributed by atoms with Crippen molar-refractivity contribution < 1.29 is 18.3 Å². The highest BCUT2D eigenvalue weighted by Gasteiger charge is 2.27. The molecular weight excluding hydrogens is 294 g/mol. The van der Waals surface area contributed by atoms with Gasteiger partial charge in [0, 0.05) is 5.38 Å². The van der Waals surface area contributed by atoms with Gasteiger partial charge in [0.1, 0.15) is 0 Å². The molecule has 0 radical (unpaired) electrons. The highest BCUT2D eigenvalue weighted by molar-refractivity contribution is 7.92. The number of rotatable bonds is 4. The van der Waals surface area contributed by atoms with Crippen LogP contribution in [0.4, 0.5) is 5.82 Å². The van der Waals surface area contributed by atoms with Crippen LogP contribution in [0.2, 0.25) is 0 Å². The Morgan fingerprint density at radius 1 is 1.58 bits per heavy atom. The zero-order valence-corrected chi connectivity index (χ0v) is 11.3. The summed E-state index contributed by atoms with van der Waals surface area (Å²) in [7, 11) is -4.11. The highest BCUT2D eigenvalue weighted by atomic mass is 32.2. The number of anilines is 1. The molecule has 19 heavy (non-hydrogen) atoms. The van der Waals surface area contributed by atoms with Crippen LogP contribution in [0.1, 0.15) is 5.69 Å². The molecule has 0 amide bonds. The first-order valence-electron chi connectivity index (χ1n) is 4.89. The maximum absolute atomic E-state index is 11.7. The van der Waals surface area contributed by atoms with E-state index in [0.717, 1.165) is 10.4 Å². The summed E-state index contributed by atoms with van der Waals surface area (Å²) < 4.78 is 24.5. The van der Waals surface area contributed by atoms with Crippen molar-refractivity contribution in [1.82, 2.24) is 20.0 Å². The molecule has 0 fully saturated rings. The molecule has 0 unspecified atom stereocenters. The van der Waals surface area contributed by atoms with Gasteiger partial charge in [0.25, 0.3) is 0 Å². The predicted molar refractivity (Wildman–Crippen MR) is 65.9 cm³/mol. The molecule has 3 N–H and O–H groups in total. The summed E-state index contributed by atoms with van der Waals surface area (Å²) in [6.07, 6.45) is 0. The molecule has 102 valence electrons. The summed E-state index contributed by atoms with van der Waals surface area (Å²) in [4.78, 5) is 14.6. The first-order valence-corrected chi connectivity index (χ1v) is 7.42. The van der Waals surface area contributed by atoms with Gasteiger partial charge in [-0.1, -0.05) is 5.21 Å². The molecule has 2 aromatic rings. The Morgan fingerprint density at radius 2 is 2.26 bits per heavy atom. The van der Waals surface area contributed by atoms with Crippen LogP contribution >= 0.6 is 11.3 Å². The van der Waals surface area contributed by atoms with Gasteiger partial charge in [-0.25, -0.2) is 13.4 Å². The van der Waals surface area contributed by atoms with Crippen LogP contribution in [0.3, 0.4) is 0 Å². The van der Waals surface area contributed by atoms with Crippen molar-refractivity contribution in [3.05, 3.63) is 11.1 Å². The van der Waals surface area contributed by atoms with Gasteiger partial charge in [0.15, 0.2) is 11.6 Å². The van der Waals surface area contributed by atoms with E-state index in [1.54, 1.807) is 12.3 Å². The number of carboxylic acid groups (broad SMARTS) is 1. The maximum Gasteiger partial charge on any atom is 0.319 e. The first-order chi connectivity index (χ1) is 8.81. The Balaban J connectivity index is 2.47. The third-order valence-electron chi connectivity index (χ3n) is 2.07. The van der Waals surface area contributed by atoms with Crippen molar-refractivity contribution >= 4 is 33.0 Å². The Labute approximate surface area is 111 Å². The van der Waals surface area contributed by atoms with E-state index in [4.69, 9.17) is 10.8 Å². The zero-order chi connectivity index (χ0) is 14.2. The van der Waals surface area contributed by atoms with Gasteiger partial charge in [-0.15, -0.1) is 16.4 Å². The number of thiazole rings is 1. The Hall–Kier alpha value is -2.01. The SMILES string of the molecule is Cc1csc(-n2nnc(S(=O)(=O)CC(=O)O)c2N)n1. The van der Waals surface area contributed by atoms with Crippen molar-refractivity contribution in [2.45, 2.75) is 11.9 Å². The Bertz CT molecular complexity index is 732. The van der Waals surface area contributed by atoms with E-state index in [0.29, 0.717) is 5.13 Å². The molecule has 0 aliphatic rings. The number of aromatic nitrogens is 4. The summed E-state index contributed by atoms with van der Waals surface area (Å²) >= 11 is 1.21. The molecule has 0 saturated carbocycles. The predicted octanol–water partition coefficient (Wildman–Crippen LogP) is -0.527. The number of hydrogen-bond acceptors (Lipinski definition) is 8. The zero-order valence-electron chi connectivity index (χ0n) is 9.64. The van der Waals surface area contributed by atoms with Crippen molar-refractivity contribution in [2.24, 2.45) is 0 Å². The van der Waals surface area contributed by atoms with Crippen molar-refractivity contribution in [3.8, 4) is 5.13 Å². The summed E-state index contributed by atoms with van der Waals surface area (Å²) in [6.45, 7) is 1.76. The van der Waals surface area contributed by atoms with Gasteiger partial charge < -0.3 is 10.8 Å². The average Bonchev–Trinajstić information content (AvgIpc) is 2.82. The molecular formula is C8H9N5O4S2. The fourth-order valence-corrected chi connectivity index (χ4v) is 3.10. The lowest BCUT2D eigenvalue weighted by atomic mass is 10.6. The molecule has 2 rings (SSSR count). The minimum absolute atomic E-state index is 0.254. The number of aliphatic carboxylic acids is 1. The van der Waals surface area contributed by atoms with E-state index in [9.17, 15) is 13.2 Å². The van der Waals surface area contributed by atoms with Crippen LogP contribution in [-0.2, 0) is 14.6 Å². The van der Waals surface area contributed by atoms with Crippen molar-refractivity contribution in [3.63, 3.8) is 0 Å². The van der Waals surface area contributed by atoms with E-state index < -0.39 is 26.6 Å². The molecule has 2 heterocycles. The van der Waals surface area contributed by atoms with Crippen LogP contribution in [-0.4, -0.2) is 45.2 Å². The van der Waals surface area contributed by atoms with E-state index in [2.05, 4.69) is 15.3 Å². The van der Waals surface area contributed by atoms with E-state index in [1.807, 2.05) is 0 Å². The lowest BCUT2D eigenvalue weighted by molar-refractivity contribution is -0.134. The second-order valence-electron chi connectivity index (χ2n) is 3.62. The quantitative estimate of drug-likeness (QED) is 0.768. The fourth-order valence-electron chi connectivity index (χ4n) is 1.31. The molecule has 9 nitrogen and oxygen atoms in total. The monoisotopic (exact) mass is 303 g/mol. The summed E-state index contributed by atoms with van der Waals surface area (Å²) in [6, 6.07) is 0. The number of carboxylic acids is 1. The molecule has 0 aliphatic carbocycles. The number of hydrogen-bond donors (Lipinski definition) is 2. The summed E-state index contributed by atoms with van der Waals surface area (Å²) in [5.41, 5.74) is 6.37. The third-order valence-corrected chi connectivity index (χ3v) is 4.51. The Kier molecular flexibility index (Phi) is 3.24. The minimum Gasteiger partial charge on any atom is -0.480 e. The fraction of sp³-hybridized carbons (Fsp3) is 0.250. The summed E-state index contributed by atoms with van der Waals surface area (Å²) in [5, 5.41) is 17.1. The third kappa shape index (κ3) is 2.56. The van der Waals surface area contributed by atoms with Gasteiger partial charge in [-0.2, -0.15) is 4.68 Å². The number of carbonyl (C=O) groups is 1. The number of nitrogens with zero attached hydrogens (tertiary/aromatic N) is 4. The molecule has 11 heteroatoms. The first kappa shape index (κ1) is 13.4. The van der Waals surface area contributed by atoms with Crippen LogP contribution in [0, 0.1) is 6.92 Å². The number of sulfone groups is 1. The van der Waals surface area contributed by atoms with Crippen LogP contribution in [0.15, 0.2) is 10.4 Å². The molecule has 0 saturated heterocycles. The van der Waals surface area contributed by atoms with Gasteiger partial charge in [0.05, 0.1) is 5.69 Å². The normalized spacial score (nSPS) is 11.6. The second kappa shape index (κ2) is 4.59. The van der Waals surface area contributed by atoms with E-state index in [-0.39, 0.29) is 5.82 Å². The smallest absolute Gasteiger partial charge is 0.319 e. The number of nitrogen functional groups attached to an aromatic ring is 1. The van der Waals surface area contributed by atoms with Crippen LogP contribution in [0.25, 0.3) is 5.13 Å². The minimum atomic E-state index is -4.11. The molecule has 0 aliphatic heterocycles. The standard InChI is InChI=1S/C8H9N5O4S2/c1-4-2-18-8(10-4)13-6(9)7(11-12-13)19(16,17)3-5(14)15/h2H,3,9H2,1H3,(H,14,15). The van der Waals surface area contributed by atoms with Gasteiger partial charge in [0.2, 0.25) is 20.0 Å². The molecule has 0 atom stereocenters. The lowest BCUT2D eigenvalue weighted by Gasteiger charge is -1.99. The van der Waals surface area contributed by atoms with Crippen molar-refractivity contribution in [2.75, 3.05) is 11.5 Å².